The molecule has 0 bridgehead atoms. The number of benzene rings is 2. The molecule has 1 saturated heterocycles. The molecule has 2 amide bonds. The SMILES string of the molecule is N#CCCN(C(=O)CCC(=O)NCC1CCN(c2ccc(F)c(F)c2)C1)c1ccccc1. The number of nitrogens with one attached hydrogen (secondary N) is 1. The number of carbonyl (C=O) groups is 2. The van der Waals surface area contributed by atoms with Crippen LogP contribution in [0.25, 0.3) is 0 Å². The van der Waals surface area contributed by atoms with E-state index in [1.165, 1.54) is 11.0 Å². The van der Waals surface area contributed by atoms with Gasteiger partial charge in [0, 0.05) is 56.5 Å². The molecule has 0 saturated carbocycles. The van der Waals surface area contributed by atoms with Crippen molar-refractivity contribution in [3.8, 4) is 6.07 Å². The largest absolute Gasteiger partial charge is 0.371 e. The Morgan fingerprint density at radius 2 is 1.91 bits per heavy atom. The fourth-order valence-electron chi connectivity index (χ4n) is 3.79. The molecule has 1 N–H and O–H groups in total. The summed E-state index contributed by atoms with van der Waals surface area (Å²) in [5, 5.41) is 11.7. The Labute approximate surface area is 186 Å². The zero-order valence-corrected chi connectivity index (χ0v) is 17.8. The van der Waals surface area contributed by atoms with E-state index in [9.17, 15) is 18.4 Å². The second-order valence-corrected chi connectivity index (χ2v) is 7.79. The van der Waals surface area contributed by atoms with Crippen molar-refractivity contribution in [2.75, 3.05) is 36.0 Å². The zero-order valence-electron chi connectivity index (χ0n) is 17.8. The summed E-state index contributed by atoms with van der Waals surface area (Å²) < 4.78 is 26.6. The smallest absolute Gasteiger partial charge is 0.227 e. The van der Waals surface area contributed by atoms with Gasteiger partial charge in [0.25, 0.3) is 0 Å². The molecule has 0 radical (unpaired) electrons. The molecule has 168 valence electrons. The van der Waals surface area contributed by atoms with Gasteiger partial charge in [-0.2, -0.15) is 5.26 Å². The predicted octanol–water partition coefficient (Wildman–Crippen LogP) is 3.63. The quantitative estimate of drug-likeness (QED) is 0.646. The highest BCUT2D eigenvalue weighted by atomic mass is 19.2. The molecule has 1 heterocycles. The number of para-hydroxylation sites is 1. The molecule has 0 aliphatic carbocycles. The van der Waals surface area contributed by atoms with Gasteiger partial charge in [0.1, 0.15) is 0 Å². The van der Waals surface area contributed by atoms with Crippen LogP contribution in [0.3, 0.4) is 0 Å². The van der Waals surface area contributed by atoms with E-state index < -0.39 is 11.6 Å². The summed E-state index contributed by atoms with van der Waals surface area (Å²) in [5.41, 5.74) is 1.33. The lowest BCUT2D eigenvalue weighted by Gasteiger charge is -2.22. The highest BCUT2D eigenvalue weighted by molar-refractivity contribution is 5.95. The first-order valence-electron chi connectivity index (χ1n) is 10.7. The van der Waals surface area contributed by atoms with Crippen LogP contribution in [0.15, 0.2) is 48.5 Å². The molecule has 1 fully saturated rings. The molecule has 0 spiro atoms. The van der Waals surface area contributed by atoms with Crippen molar-refractivity contribution in [1.82, 2.24) is 5.32 Å². The fourth-order valence-corrected chi connectivity index (χ4v) is 3.79. The maximum Gasteiger partial charge on any atom is 0.227 e. The topological polar surface area (TPSA) is 76.4 Å². The lowest BCUT2D eigenvalue weighted by Crippen LogP contribution is -2.34. The Morgan fingerprint density at radius 3 is 2.62 bits per heavy atom. The number of halogens is 2. The van der Waals surface area contributed by atoms with Crippen LogP contribution in [0.5, 0.6) is 0 Å². The third-order valence-electron chi connectivity index (χ3n) is 5.52. The molecule has 0 aromatic heterocycles. The van der Waals surface area contributed by atoms with Crippen molar-refractivity contribution >= 4 is 23.2 Å². The number of nitrogens with zero attached hydrogens (tertiary/aromatic N) is 3. The van der Waals surface area contributed by atoms with Crippen molar-refractivity contribution in [3.05, 3.63) is 60.2 Å². The molecular formula is C24H26F2N4O2. The molecule has 3 rings (SSSR count). The van der Waals surface area contributed by atoms with Gasteiger partial charge in [0.05, 0.1) is 12.5 Å². The van der Waals surface area contributed by atoms with Crippen LogP contribution in [0.4, 0.5) is 20.2 Å². The van der Waals surface area contributed by atoms with Crippen molar-refractivity contribution in [1.29, 1.82) is 5.26 Å². The Balaban J connectivity index is 1.44. The Morgan fingerprint density at radius 1 is 1.12 bits per heavy atom. The van der Waals surface area contributed by atoms with Crippen LogP contribution < -0.4 is 15.1 Å². The van der Waals surface area contributed by atoms with E-state index in [-0.39, 0.29) is 43.5 Å². The Bertz CT molecular complexity index is 978. The summed E-state index contributed by atoms with van der Waals surface area (Å²) in [6.45, 7) is 2.09. The first-order chi connectivity index (χ1) is 15.5. The average Bonchev–Trinajstić information content (AvgIpc) is 3.28. The number of nitriles is 1. The molecule has 32 heavy (non-hydrogen) atoms. The van der Waals surface area contributed by atoms with Gasteiger partial charge in [-0.05, 0) is 36.6 Å². The summed E-state index contributed by atoms with van der Waals surface area (Å²) >= 11 is 0. The zero-order chi connectivity index (χ0) is 22.9. The molecular weight excluding hydrogens is 414 g/mol. The first kappa shape index (κ1) is 23.2. The minimum atomic E-state index is -0.872. The van der Waals surface area contributed by atoms with E-state index in [0.29, 0.717) is 31.0 Å². The highest BCUT2D eigenvalue weighted by Gasteiger charge is 2.24. The predicted molar refractivity (Wildman–Crippen MR) is 118 cm³/mol. The molecule has 1 atom stereocenters. The summed E-state index contributed by atoms with van der Waals surface area (Å²) in [6.07, 6.45) is 1.16. The summed E-state index contributed by atoms with van der Waals surface area (Å²) in [6, 6.07) is 15.0. The second-order valence-electron chi connectivity index (χ2n) is 7.79. The standard InChI is InChI=1S/C24H26F2N4O2/c25-21-8-7-20(15-22(21)26)29-14-11-18(17-29)16-28-23(31)9-10-24(32)30(13-4-12-27)19-5-2-1-3-6-19/h1-3,5-8,15,18H,4,9-11,13-14,16-17H2,(H,28,31). The van der Waals surface area contributed by atoms with E-state index >= 15 is 0 Å². The number of anilines is 2. The van der Waals surface area contributed by atoms with Crippen LogP contribution in [-0.2, 0) is 9.59 Å². The molecule has 2 aromatic rings. The monoisotopic (exact) mass is 440 g/mol. The van der Waals surface area contributed by atoms with E-state index in [1.807, 2.05) is 29.2 Å². The van der Waals surface area contributed by atoms with Crippen molar-refractivity contribution < 1.29 is 18.4 Å². The number of amides is 2. The molecule has 8 heteroatoms. The van der Waals surface area contributed by atoms with E-state index in [2.05, 4.69) is 5.32 Å². The minimum Gasteiger partial charge on any atom is -0.371 e. The number of carbonyl (C=O) groups excluding carboxylic acids is 2. The number of hydrogen-bond donors (Lipinski definition) is 1. The van der Waals surface area contributed by atoms with Gasteiger partial charge in [-0.3, -0.25) is 9.59 Å². The lowest BCUT2D eigenvalue weighted by molar-refractivity contribution is -0.125. The second kappa shape index (κ2) is 11.2. The summed E-state index contributed by atoms with van der Waals surface area (Å²) in [7, 11) is 0. The van der Waals surface area contributed by atoms with Crippen LogP contribution in [0.1, 0.15) is 25.7 Å². The van der Waals surface area contributed by atoms with Crippen molar-refractivity contribution in [2.45, 2.75) is 25.7 Å². The highest BCUT2D eigenvalue weighted by Crippen LogP contribution is 2.25. The summed E-state index contributed by atoms with van der Waals surface area (Å²) in [4.78, 5) is 28.4. The molecule has 1 unspecified atom stereocenters. The van der Waals surface area contributed by atoms with Crippen molar-refractivity contribution in [3.63, 3.8) is 0 Å². The normalized spacial score (nSPS) is 15.3. The first-order valence-corrected chi connectivity index (χ1v) is 10.7. The van der Waals surface area contributed by atoms with Gasteiger partial charge in [0.2, 0.25) is 11.8 Å². The summed E-state index contributed by atoms with van der Waals surface area (Å²) in [5.74, 6) is -1.96. The van der Waals surface area contributed by atoms with Gasteiger partial charge in [-0.25, -0.2) is 8.78 Å². The van der Waals surface area contributed by atoms with E-state index in [0.717, 1.165) is 12.5 Å². The van der Waals surface area contributed by atoms with Gasteiger partial charge in [-0.15, -0.1) is 0 Å². The van der Waals surface area contributed by atoms with Crippen LogP contribution in [0.2, 0.25) is 0 Å². The molecule has 6 nitrogen and oxygen atoms in total. The Kier molecular flexibility index (Phi) is 8.14. The number of hydrogen-bond acceptors (Lipinski definition) is 4. The Hall–Kier alpha value is -3.47. The average molecular weight is 440 g/mol. The molecule has 2 aromatic carbocycles. The van der Waals surface area contributed by atoms with Gasteiger partial charge >= 0.3 is 0 Å². The van der Waals surface area contributed by atoms with Gasteiger partial charge in [-0.1, -0.05) is 18.2 Å². The van der Waals surface area contributed by atoms with Crippen LogP contribution in [-0.4, -0.2) is 38.0 Å². The third kappa shape index (κ3) is 6.27. The molecule has 1 aliphatic heterocycles. The van der Waals surface area contributed by atoms with Crippen LogP contribution >= 0.6 is 0 Å². The molecule has 1 aliphatic rings. The van der Waals surface area contributed by atoms with Gasteiger partial charge in [0.15, 0.2) is 11.6 Å². The van der Waals surface area contributed by atoms with Crippen molar-refractivity contribution in [2.24, 2.45) is 5.92 Å². The maximum absolute atomic E-state index is 13.5. The maximum atomic E-state index is 13.5. The lowest BCUT2D eigenvalue weighted by atomic mass is 10.1. The van der Waals surface area contributed by atoms with Gasteiger partial charge < -0.3 is 15.1 Å². The van der Waals surface area contributed by atoms with E-state index in [1.54, 1.807) is 18.2 Å². The minimum absolute atomic E-state index is 0.0534. The van der Waals surface area contributed by atoms with E-state index in [4.69, 9.17) is 5.26 Å². The van der Waals surface area contributed by atoms with Crippen LogP contribution in [0, 0.1) is 28.9 Å². The third-order valence-corrected chi connectivity index (χ3v) is 5.52. The number of rotatable bonds is 9. The fraction of sp³-hybridized carbons (Fsp3) is 0.375.